The molecule has 10 heteroatoms. The SMILES string of the molecule is CC1C(SCCCCC(=O)CCCCCCC(=O)N2C[C@H](O)C[C@H]2CO)OC(CO)C(O)C1O. The van der Waals surface area contributed by atoms with E-state index in [1.165, 1.54) is 0 Å². The Bertz CT molecular complexity index is 622. The van der Waals surface area contributed by atoms with Gasteiger partial charge in [-0.25, -0.2) is 0 Å². The van der Waals surface area contributed by atoms with Crippen LogP contribution in [0.25, 0.3) is 0 Å². The summed E-state index contributed by atoms with van der Waals surface area (Å²) in [5, 5.41) is 48.3. The van der Waals surface area contributed by atoms with Crippen molar-refractivity contribution in [2.24, 2.45) is 5.92 Å². The fraction of sp³-hybridized carbons (Fsp3) is 0.917. The van der Waals surface area contributed by atoms with Crippen molar-refractivity contribution in [3.05, 3.63) is 0 Å². The number of ether oxygens (including phenoxy) is 1. The van der Waals surface area contributed by atoms with Crippen LogP contribution in [-0.4, -0.2) is 104 Å². The summed E-state index contributed by atoms with van der Waals surface area (Å²) in [5.41, 5.74) is -0.289. The topological polar surface area (TPSA) is 148 Å². The first-order valence-electron chi connectivity index (χ1n) is 12.6. The largest absolute Gasteiger partial charge is 0.394 e. The van der Waals surface area contributed by atoms with E-state index in [1.54, 1.807) is 16.7 Å². The number of carbonyl (C=O) groups excluding carboxylic acids is 2. The Morgan fingerprint density at radius 2 is 1.56 bits per heavy atom. The zero-order valence-corrected chi connectivity index (χ0v) is 21.1. The molecule has 0 aromatic heterocycles. The summed E-state index contributed by atoms with van der Waals surface area (Å²) in [6.07, 6.45) is 3.63. The van der Waals surface area contributed by atoms with Crippen LogP contribution in [0.2, 0.25) is 0 Å². The molecule has 0 spiro atoms. The molecule has 2 fully saturated rings. The van der Waals surface area contributed by atoms with Gasteiger partial charge in [-0.1, -0.05) is 19.8 Å². The van der Waals surface area contributed by atoms with Crippen molar-refractivity contribution in [3.63, 3.8) is 0 Å². The first-order valence-corrected chi connectivity index (χ1v) is 13.7. The number of unbranched alkanes of at least 4 members (excludes halogenated alkanes) is 4. The lowest BCUT2D eigenvalue weighted by Crippen LogP contribution is -2.53. The van der Waals surface area contributed by atoms with Crippen molar-refractivity contribution < 1.29 is 39.9 Å². The minimum Gasteiger partial charge on any atom is -0.394 e. The zero-order valence-electron chi connectivity index (χ0n) is 20.3. The number of hydrogen-bond donors (Lipinski definition) is 5. The van der Waals surface area contributed by atoms with Gasteiger partial charge >= 0.3 is 0 Å². The molecule has 5 unspecified atom stereocenters. The Morgan fingerprint density at radius 1 is 0.912 bits per heavy atom. The van der Waals surface area contributed by atoms with Gasteiger partial charge in [-0.05, 0) is 37.9 Å². The zero-order chi connectivity index (χ0) is 25.1. The second-order valence-corrected chi connectivity index (χ2v) is 10.8. The number of Topliss-reactive ketones (excluding diaryl/α,β-unsaturated/α-hetero) is 1. The van der Waals surface area contributed by atoms with Gasteiger partial charge in [0.25, 0.3) is 0 Å². The molecule has 0 aromatic rings. The molecule has 198 valence electrons. The van der Waals surface area contributed by atoms with Gasteiger partial charge in [-0.2, -0.15) is 0 Å². The minimum atomic E-state index is -1.08. The third-order valence-corrected chi connectivity index (χ3v) is 8.23. The lowest BCUT2D eigenvalue weighted by Gasteiger charge is -2.40. The molecule has 9 nitrogen and oxygen atoms in total. The molecule has 1 amide bonds. The molecule has 5 N–H and O–H groups in total. The molecule has 7 atom stereocenters. The molecule has 2 aliphatic rings. The van der Waals surface area contributed by atoms with Gasteiger partial charge in [0.1, 0.15) is 23.4 Å². The highest BCUT2D eigenvalue weighted by atomic mass is 32.2. The number of β-amino-alcohol motifs (C(OH)–C–C–N with tert-alkyl or cyclic N) is 1. The van der Waals surface area contributed by atoms with E-state index >= 15 is 0 Å². The van der Waals surface area contributed by atoms with Crippen LogP contribution in [0, 0.1) is 5.92 Å². The van der Waals surface area contributed by atoms with Crippen LogP contribution in [0.4, 0.5) is 0 Å². The van der Waals surface area contributed by atoms with Crippen LogP contribution in [0.1, 0.15) is 71.1 Å². The Morgan fingerprint density at radius 3 is 2.21 bits per heavy atom. The predicted molar refractivity (Wildman–Crippen MR) is 129 cm³/mol. The molecule has 2 aliphatic heterocycles. The molecule has 0 radical (unpaired) electrons. The average molecular weight is 506 g/mol. The highest BCUT2D eigenvalue weighted by Crippen LogP contribution is 2.33. The number of thioether (sulfide) groups is 1. The van der Waals surface area contributed by atoms with E-state index < -0.39 is 24.4 Å². The summed E-state index contributed by atoms with van der Waals surface area (Å²) in [5.74, 6) is 0.773. The Balaban J connectivity index is 1.47. The average Bonchev–Trinajstić information content (AvgIpc) is 3.21. The fourth-order valence-electron chi connectivity index (χ4n) is 4.63. The van der Waals surface area contributed by atoms with Gasteiger partial charge in [0, 0.05) is 31.7 Å². The van der Waals surface area contributed by atoms with E-state index in [0.29, 0.717) is 32.2 Å². The molecule has 0 saturated carbocycles. The molecule has 2 rings (SSSR count). The number of likely N-dealkylation sites (tertiary alicyclic amines) is 1. The molecule has 2 saturated heterocycles. The predicted octanol–water partition coefficient (Wildman–Crippen LogP) is 0.829. The lowest BCUT2D eigenvalue weighted by molar-refractivity contribution is -0.181. The monoisotopic (exact) mass is 505 g/mol. The fourth-order valence-corrected chi connectivity index (χ4v) is 5.91. The van der Waals surface area contributed by atoms with E-state index in [2.05, 4.69) is 0 Å². The first kappa shape index (κ1) is 29.5. The number of aliphatic hydroxyl groups excluding tert-OH is 5. The summed E-state index contributed by atoms with van der Waals surface area (Å²) in [6, 6.07) is -0.269. The van der Waals surface area contributed by atoms with Gasteiger partial charge in [0.15, 0.2) is 0 Å². The van der Waals surface area contributed by atoms with E-state index in [1.807, 2.05) is 6.92 Å². The highest BCUT2D eigenvalue weighted by molar-refractivity contribution is 7.99. The maximum absolute atomic E-state index is 12.3. The Labute approximate surface area is 206 Å². The van der Waals surface area contributed by atoms with Crippen LogP contribution in [-0.2, 0) is 14.3 Å². The van der Waals surface area contributed by atoms with E-state index in [-0.39, 0.29) is 42.3 Å². The van der Waals surface area contributed by atoms with Crippen LogP contribution in [0.15, 0.2) is 0 Å². The molecule has 0 aromatic carbocycles. The molecular formula is C24H43NO8S. The number of carbonyl (C=O) groups is 2. The summed E-state index contributed by atoms with van der Waals surface area (Å²) in [4.78, 5) is 26.0. The van der Waals surface area contributed by atoms with Gasteiger partial charge in [0.2, 0.25) is 5.91 Å². The number of amides is 1. The second-order valence-electron chi connectivity index (χ2n) is 9.62. The van der Waals surface area contributed by atoms with Crippen molar-refractivity contribution in [3.8, 4) is 0 Å². The van der Waals surface area contributed by atoms with Crippen molar-refractivity contribution in [2.45, 2.75) is 107 Å². The smallest absolute Gasteiger partial charge is 0.222 e. The molecular weight excluding hydrogens is 462 g/mol. The lowest BCUT2D eigenvalue weighted by atomic mass is 9.94. The quantitative estimate of drug-likeness (QED) is 0.204. The van der Waals surface area contributed by atoms with Crippen LogP contribution in [0.5, 0.6) is 0 Å². The maximum atomic E-state index is 12.3. The molecule has 0 aliphatic carbocycles. The number of ketones is 1. The number of nitrogens with zero attached hydrogens (tertiary/aromatic N) is 1. The number of hydrogen-bond acceptors (Lipinski definition) is 9. The third kappa shape index (κ3) is 9.04. The van der Waals surface area contributed by atoms with E-state index in [0.717, 1.165) is 44.3 Å². The van der Waals surface area contributed by atoms with Gasteiger partial charge in [-0.3, -0.25) is 9.59 Å². The van der Waals surface area contributed by atoms with Gasteiger partial charge in [-0.15, -0.1) is 11.8 Å². The van der Waals surface area contributed by atoms with Crippen molar-refractivity contribution >= 4 is 23.5 Å². The summed E-state index contributed by atoms with van der Waals surface area (Å²) in [6.45, 7) is 1.67. The van der Waals surface area contributed by atoms with Crippen molar-refractivity contribution in [2.75, 3.05) is 25.5 Å². The Hall–Kier alpha value is -0.750. The van der Waals surface area contributed by atoms with Crippen molar-refractivity contribution in [1.29, 1.82) is 0 Å². The minimum absolute atomic E-state index is 0.0184. The normalized spacial score (nSPS) is 31.7. The van der Waals surface area contributed by atoms with E-state index in [4.69, 9.17) is 4.74 Å². The number of rotatable bonds is 15. The number of aliphatic hydroxyl groups is 5. The molecule has 2 heterocycles. The third-order valence-electron chi connectivity index (χ3n) is 6.84. The van der Waals surface area contributed by atoms with Crippen LogP contribution >= 0.6 is 11.8 Å². The van der Waals surface area contributed by atoms with Gasteiger partial charge in [0.05, 0.1) is 31.5 Å². The Kier molecular flexibility index (Phi) is 13.3. The van der Waals surface area contributed by atoms with Crippen LogP contribution < -0.4 is 0 Å². The van der Waals surface area contributed by atoms with Crippen LogP contribution in [0.3, 0.4) is 0 Å². The first-order chi connectivity index (χ1) is 16.3. The summed E-state index contributed by atoms with van der Waals surface area (Å²) >= 11 is 1.55. The summed E-state index contributed by atoms with van der Waals surface area (Å²) < 4.78 is 5.69. The van der Waals surface area contributed by atoms with E-state index in [9.17, 15) is 35.1 Å². The second kappa shape index (κ2) is 15.4. The molecule has 34 heavy (non-hydrogen) atoms. The van der Waals surface area contributed by atoms with Gasteiger partial charge < -0.3 is 35.2 Å². The van der Waals surface area contributed by atoms with Crippen molar-refractivity contribution in [1.82, 2.24) is 4.90 Å². The summed E-state index contributed by atoms with van der Waals surface area (Å²) in [7, 11) is 0. The molecule has 0 bridgehead atoms. The maximum Gasteiger partial charge on any atom is 0.222 e. The standard InChI is InChI=1S/C24H43NO8S/c1-16-22(31)23(32)20(15-27)33-24(16)34-11-7-6-9-18(28)8-4-2-3-5-10-21(30)25-13-19(29)12-17(25)14-26/h16-17,19-20,22-24,26-27,29,31-32H,2-15H2,1H3/t16?,17-,19+,20?,22?,23?,24?/m0/s1. The highest BCUT2D eigenvalue weighted by Gasteiger charge is 2.41.